The van der Waals surface area contributed by atoms with Crippen molar-refractivity contribution in [3.63, 3.8) is 0 Å². The van der Waals surface area contributed by atoms with Crippen LogP contribution < -0.4 is 0 Å². The lowest BCUT2D eigenvalue weighted by Crippen LogP contribution is -2.40. The van der Waals surface area contributed by atoms with Gasteiger partial charge in [-0.3, -0.25) is 4.79 Å². The molecule has 1 atom stereocenters. The normalized spacial score (nSPS) is 15.5. The molecule has 0 radical (unpaired) electrons. The SMILES string of the molecule is CCN(CC(C)(CC)CC(C)(C)CC)C(C)=O. The number of amides is 1. The molecule has 0 rings (SSSR count). The second kappa shape index (κ2) is 6.42. The van der Waals surface area contributed by atoms with Crippen molar-refractivity contribution in [2.75, 3.05) is 13.1 Å². The van der Waals surface area contributed by atoms with Crippen molar-refractivity contribution in [1.29, 1.82) is 0 Å². The van der Waals surface area contributed by atoms with E-state index in [9.17, 15) is 4.79 Å². The first-order valence-corrected chi connectivity index (χ1v) is 6.95. The summed E-state index contributed by atoms with van der Waals surface area (Å²) in [6.07, 6.45) is 3.49. The number of rotatable bonds is 7. The standard InChI is InChI=1S/C15H31NO/c1-8-14(5,6)11-15(7,9-2)12-16(10-3)13(4)17/h8-12H2,1-7H3. The van der Waals surface area contributed by atoms with E-state index < -0.39 is 0 Å². The molecule has 0 aliphatic heterocycles. The molecule has 0 bridgehead atoms. The molecule has 0 saturated carbocycles. The summed E-state index contributed by atoms with van der Waals surface area (Å²) in [7, 11) is 0. The fraction of sp³-hybridized carbons (Fsp3) is 0.933. The lowest BCUT2D eigenvalue weighted by molar-refractivity contribution is -0.130. The molecule has 2 nitrogen and oxygen atoms in total. The van der Waals surface area contributed by atoms with Crippen LogP contribution in [-0.2, 0) is 4.79 Å². The molecule has 0 aromatic rings. The van der Waals surface area contributed by atoms with Gasteiger partial charge in [-0.2, -0.15) is 0 Å². The summed E-state index contributed by atoms with van der Waals surface area (Å²) in [6.45, 7) is 16.9. The Morgan fingerprint density at radius 3 is 1.88 bits per heavy atom. The van der Waals surface area contributed by atoms with Crippen LogP contribution in [0, 0.1) is 10.8 Å². The Kier molecular flexibility index (Phi) is 6.22. The minimum atomic E-state index is 0.196. The molecule has 0 aromatic carbocycles. The van der Waals surface area contributed by atoms with E-state index in [-0.39, 0.29) is 11.3 Å². The molecule has 17 heavy (non-hydrogen) atoms. The van der Waals surface area contributed by atoms with Crippen molar-refractivity contribution in [1.82, 2.24) is 4.90 Å². The Bertz CT molecular complexity index is 247. The first-order chi connectivity index (χ1) is 7.69. The minimum absolute atomic E-state index is 0.196. The van der Waals surface area contributed by atoms with Crippen molar-refractivity contribution in [3.05, 3.63) is 0 Å². The van der Waals surface area contributed by atoms with Crippen molar-refractivity contribution < 1.29 is 4.79 Å². The molecule has 1 unspecified atom stereocenters. The van der Waals surface area contributed by atoms with Gasteiger partial charge in [-0.1, -0.05) is 41.0 Å². The molecular formula is C15H31NO. The van der Waals surface area contributed by atoms with Gasteiger partial charge in [0, 0.05) is 20.0 Å². The zero-order valence-corrected chi connectivity index (χ0v) is 12.9. The third-order valence-corrected chi connectivity index (χ3v) is 4.12. The maximum atomic E-state index is 11.5. The van der Waals surface area contributed by atoms with Crippen molar-refractivity contribution in [2.45, 2.75) is 67.7 Å². The predicted octanol–water partition coefficient (Wildman–Crippen LogP) is 4.10. The number of hydrogen-bond acceptors (Lipinski definition) is 1. The van der Waals surface area contributed by atoms with Gasteiger partial charge in [0.25, 0.3) is 0 Å². The molecule has 0 spiro atoms. The second-order valence-electron chi connectivity index (χ2n) is 6.39. The van der Waals surface area contributed by atoms with Gasteiger partial charge in [0.1, 0.15) is 0 Å². The Hall–Kier alpha value is -0.530. The van der Waals surface area contributed by atoms with Gasteiger partial charge in [0.2, 0.25) is 5.91 Å². The highest BCUT2D eigenvalue weighted by Crippen LogP contribution is 2.39. The van der Waals surface area contributed by atoms with Crippen LogP contribution in [0.1, 0.15) is 67.7 Å². The lowest BCUT2D eigenvalue weighted by atomic mass is 9.71. The van der Waals surface area contributed by atoms with Crippen LogP contribution in [0.15, 0.2) is 0 Å². The monoisotopic (exact) mass is 241 g/mol. The largest absolute Gasteiger partial charge is 0.343 e. The van der Waals surface area contributed by atoms with Crippen molar-refractivity contribution in [2.24, 2.45) is 10.8 Å². The number of carbonyl (C=O) groups is 1. The van der Waals surface area contributed by atoms with E-state index in [4.69, 9.17) is 0 Å². The summed E-state index contributed by atoms with van der Waals surface area (Å²) < 4.78 is 0. The predicted molar refractivity (Wildman–Crippen MR) is 75.0 cm³/mol. The smallest absolute Gasteiger partial charge is 0.219 e. The molecule has 0 aliphatic carbocycles. The van der Waals surface area contributed by atoms with Gasteiger partial charge in [-0.15, -0.1) is 0 Å². The Morgan fingerprint density at radius 1 is 1.06 bits per heavy atom. The number of nitrogens with zero attached hydrogens (tertiary/aromatic N) is 1. The fourth-order valence-electron chi connectivity index (χ4n) is 2.48. The highest BCUT2D eigenvalue weighted by atomic mass is 16.2. The van der Waals surface area contributed by atoms with E-state index in [2.05, 4.69) is 41.5 Å². The highest BCUT2D eigenvalue weighted by Gasteiger charge is 2.32. The van der Waals surface area contributed by atoms with Crippen LogP contribution in [0.25, 0.3) is 0 Å². The summed E-state index contributed by atoms with van der Waals surface area (Å²) >= 11 is 0. The molecular weight excluding hydrogens is 210 g/mol. The van der Waals surface area contributed by atoms with E-state index in [1.807, 2.05) is 4.90 Å². The third kappa shape index (κ3) is 5.56. The molecule has 0 aromatic heterocycles. The first kappa shape index (κ1) is 16.5. The second-order valence-corrected chi connectivity index (χ2v) is 6.39. The van der Waals surface area contributed by atoms with Crippen LogP contribution in [0.5, 0.6) is 0 Å². The van der Waals surface area contributed by atoms with Gasteiger partial charge < -0.3 is 4.90 Å². The zero-order chi connectivity index (χ0) is 13.7. The first-order valence-electron chi connectivity index (χ1n) is 6.95. The van der Waals surface area contributed by atoms with Crippen molar-refractivity contribution in [3.8, 4) is 0 Å². The molecule has 0 heterocycles. The maximum absolute atomic E-state index is 11.5. The van der Waals surface area contributed by atoms with Crippen LogP contribution in [0.3, 0.4) is 0 Å². The Labute approximate surface area is 108 Å². The van der Waals surface area contributed by atoms with Crippen LogP contribution in [0.2, 0.25) is 0 Å². The van der Waals surface area contributed by atoms with E-state index in [0.717, 1.165) is 19.5 Å². The van der Waals surface area contributed by atoms with E-state index in [1.165, 1.54) is 12.8 Å². The minimum Gasteiger partial charge on any atom is -0.343 e. The van der Waals surface area contributed by atoms with Gasteiger partial charge in [0.15, 0.2) is 0 Å². The summed E-state index contributed by atoms with van der Waals surface area (Å²) in [5.74, 6) is 0.196. The van der Waals surface area contributed by atoms with Crippen LogP contribution in [-0.4, -0.2) is 23.9 Å². The summed E-state index contributed by atoms with van der Waals surface area (Å²) in [5, 5.41) is 0. The zero-order valence-electron chi connectivity index (χ0n) is 12.9. The molecule has 0 fully saturated rings. The third-order valence-electron chi connectivity index (χ3n) is 4.12. The highest BCUT2D eigenvalue weighted by molar-refractivity contribution is 5.73. The lowest BCUT2D eigenvalue weighted by Gasteiger charge is -2.39. The average molecular weight is 241 g/mol. The van der Waals surface area contributed by atoms with Crippen LogP contribution in [0.4, 0.5) is 0 Å². The molecule has 0 N–H and O–H groups in total. The van der Waals surface area contributed by atoms with E-state index >= 15 is 0 Å². The van der Waals surface area contributed by atoms with E-state index in [1.54, 1.807) is 6.92 Å². The number of carbonyl (C=O) groups excluding carboxylic acids is 1. The Morgan fingerprint density at radius 2 is 1.59 bits per heavy atom. The quantitative estimate of drug-likeness (QED) is 0.657. The van der Waals surface area contributed by atoms with Gasteiger partial charge in [0.05, 0.1) is 0 Å². The average Bonchev–Trinajstić information content (AvgIpc) is 2.25. The molecule has 0 aliphatic rings. The molecule has 2 heteroatoms. The maximum Gasteiger partial charge on any atom is 0.219 e. The summed E-state index contributed by atoms with van der Waals surface area (Å²) in [4.78, 5) is 13.5. The molecule has 102 valence electrons. The van der Waals surface area contributed by atoms with E-state index in [0.29, 0.717) is 5.41 Å². The van der Waals surface area contributed by atoms with Gasteiger partial charge in [-0.25, -0.2) is 0 Å². The Balaban J connectivity index is 4.72. The molecule has 0 saturated heterocycles. The summed E-state index contributed by atoms with van der Waals surface area (Å²) in [5.41, 5.74) is 0.599. The van der Waals surface area contributed by atoms with Crippen molar-refractivity contribution >= 4 is 5.91 Å². The fourth-order valence-corrected chi connectivity index (χ4v) is 2.48. The van der Waals surface area contributed by atoms with Gasteiger partial charge >= 0.3 is 0 Å². The number of hydrogen-bond donors (Lipinski definition) is 0. The van der Waals surface area contributed by atoms with Gasteiger partial charge in [-0.05, 0) is 30.6 Å². The van der Waals surface area contributed by atoms with Crippen LogP contribution >= 0.6 is 0 Å². The molecule has 1 amide bonds. The topological polar surface area (TPSA) is 20.3 Å². The summed E-state index contributed by atoms with van der Waals surface area (Å²) in [6, 6.07) is 0.